The van der Waals surface area contributed by atoms with Crippen LogP contribution in [-0.2, 0) is 9.59 Å². The van der Waals surface area contributed by atoms with E-state index < -0.39 is 0 Å². The first kappa shape index (κ1) is 23.5. The molecule has 5 rings (SSSR count). The number of rotatable bonds is 5. The second-order valence-corrected chi connectivity index (χ2v) is 10.4. The monoisotopic (exact) mass is 491 g/mol. The summed E-state index contributed by atoms with van der Waals surface area (Å²) in [6.45, 7) is 4.06. The SMILES string of the molecule is Cc1ccc(N2C(=O)/C(=C/c3ccc4c(c3)OCO4)N=C2SC(C)C(=O)NC2CCCCC2)cc1. The van der Waals surface area contributed by atoms with E-state index in [4.69, 9.17) is 9.47 Å². The number of thioether (sulfide) groups is 1. The Morgan fingerprint density at radius 3 is 2.63 bits per heavy atom. The molecule has 2 aliphatic heterocycles. The Balaban J connectivity index is 1.40. The molecule has 3 aliphatic rings. The van der Waals surface area contributed by atoms with Crippen LogP contribution in [-0.4, -0.2) is 35.1 Å². The minimum Gasteiger partial charge on any atom is -0.454 e. The molecule has 182 valence electrons. The van der Waals surface area contributed by atoms with Gasteiger partial charge in [0.15, 0.2) is 16.7 Å². The standard InChI is InChI=1S/C27H29N3O4S/c1-17-8-11-21(12-9-17)30-26(32)22(14-19-10-13-23-24(15-19)34-16-33-23)29-27(30)35-18(2)25(31)28-20-6-4-3-5-7-20/h8-15,18,20H,3-7,16H2,1-2H3,(H,28,31)/b22-14-. The normalized spacial score (nSPS) is 19.7. The maximum absolute atomic E-state index is 13.5. The fraction of sp³-hybridized carbons (Fsp3) is 0.370. The molecule has 2 amide bonds. The van der Waals surface area contributed by atoms with Crippen LogP contribution in [0.3, 0.4) is 0 Å². The van der Waals surface area contributed by atoms with E-state index in [1.165, 1.54) is 18.2 Å². The predicted octanol–water partition coefficient (Wildman–Crippen LogP) is 5.04. The molecule has 0 radical (unpaired) electrons. The summed E-state index contributed by atoms with van der Waals surface area (Å²) in [4.78, 5) is 32.7. The largest absolute Gasteiger partial charge is 0.454 e. The van der Waals surface area contributed by atoms with Gasteiger partial charge in [0.1, 0.15) is 5.70 Å². The van der Waals surface area contributed by atoms with Crippen LogP contribution in [0.15, 0.2) is 53.2 Å². The fourth-order valence-electron chi connectivity index (χ4n) is 4.43. The molecule has 0 bridgehead atoms. The summed E-state index contributed by atoms with van der Waals surface area (Å²) in [5.41, 5.74) is 2.93. The van der Waals surface area contributed by atoms with Gasteiger partial charge in [-0.25, -0.2) is 4.99 Å². The van der Waals surface area contributed by atoms with Crippen LogP contribution in [0, 0.1) is 6.92 Å². The van der Waals surface area contributed by atoms with E-state index in [0.29, 0.717) is 22.4 Å². The summed E-state index contributed by atoms with van der Waals surface area (Å²) >= 11 is 1.31. The van der Waals surface area contributed by atoms with Gasteiger partial charge in [0.25, 0.3) is 5.91 Å². The number of ether oxygens (including phenoxy) is 2. The van der Waals surface area contributed by atoms with E-state index >= 15 is 0 Å². The van der Waals surface area contributed by atoms with Crippen LogP contribution in [0.1, 0.15) is 50.2 Å². The zero-order valence-electron chi connectivity index (χ0n) is 20.0. The van der Waals surface area contributed by atoms with E-state index in [-0.39, 0.29) is 29.9 Å². The second kappa shape index (κ2) is 10.2. The van der Waals surface area contributed by atoms with Crippen LogP contribution in [0.2, 0.25) is 0 Å². The number of benzene rings is 2. The van der Waals surface area contributed by atoms with Gasteiger partial charge in [-0.3, -0.25) is 14.5 Å². The summed E-state index contributed by atoms with van der Waals surface area (Å²) in [6, 6.07) is 13.5. The van der Waals surface area contributed by atoms with Crippen molar-refractivity contribution in [1.82, 2.24) is 5.32 Å². The number of carbonyl (C=O) groups excluding carboxylic acids is 2. The van der Waals surface area contributed by atoms with Crippen LogP contribution < -0.4 is 19.7 Å². The van der Waals surface area contributed by atoms with Crippen molar-refractivity contribution >= 4 is 40.5 Å². The summed E-state index contributed by atoms with van der Waals surface area (Å²) in [5, 5.41) is 3.29. The Morgan fingerprint density at radius 1 is 1.11 bits per heavy atom. The van der Waals surface area contributed by atoms with Crippen molar-refractivity contribution in [3.8, 4) is 11.5 Å². The number of nitrogens with zero attached hydrogens (tertiary/aromatic N) is 2. The average Bonchev–Trinajstić information content (AvgIpc) is 3.44. The molecule has 8 heteroatoms. The highest BCUT2D eigenvalue weighted by atomic mass is 32.2. The van der Waals surface area contributed by atoms with Gasteiger partial charge in [-0.15, -0.1) is 0 Å². The Kier molecular flexibility index (Phi) is 6.81. The highest BCUT2D eigenvalue weighted by molar-refractivity contribution is 8.15. The van der Waals surface area contributed by atoms with Crippen molar-refractivity contribution in [1.29, 1.82) is 0 Å². The summed E-state index contributed by atoms with van der Waals surface area (Å²) < 4.78 is 10.8. The lowest BCUT2D eigenvalue weighted by Crippen LogP contribution is -2.41. The number of amidine groups is 1. The van der Waals surface area contributed by atoms with E-state index in [2.05, 4.69) is 10.3 Å². The molecule has 2 heterocycles. The summed E-state index contributed by atoms with van der Waals surface area (Å²) in [7, 11) is 0. The number of fused-ring (bicyclic) bond motifs is 1. The quantitative estimate of drug-likeness (QED) is 0.593. The molecule has 35 heavy (non-hydrogen) atoms. The molecule has 1 unspecified atom stereocenters. The van der Waals surface area contributed by atoms with Crippen LogP contribution in [0.5, 0.6) is 11.5 Å². The van der Waals surface area contributed by atoms with E-state index in [1.54, 1.807) is 11.0 Å². The number of amides is 2. The minimum absolute atomic E-state index is 0.0193. The molecule has 1 fully saturated rings. The third-order valence-electron chi connectivity index (χ3n) is 6.42. The maximum atomic E-state index is 13.5. The Hall–Kier alpha value is -3.26. The highest BCUT2D eigenvalue weighted by Gasteiger charge is 2.34. The van der Waals surface area contributed by atoms with Gasteiger partial charge >= 0.3 is 0 Å². The number of carbonyl (C=O) groups is 2. The van der Waals surface area contributed by atoms with Crippen molar-refractivity contribution in [3.63, 3.8) is 0 Å². The van der Waals surface area contributed by atoms with Gasteiger partial charge in [0, 0.05) is 6.04 Å². The van der Waals surface area contributed by atoms with Gasteiger partial charge in [-0.2, -0.15) is 0 Å². The number of aryl methyl sites for hydroxylation is 1. The van der Waals surface area contributed by atoms with Crippen LogP contribution in [0.4, 0.5) is 5.69 Å². The second-order valence-electron chi connectivity index (χ2n) is 9.12. The van der Waals surface area contributed by atoms with E-state index in [9.17, 15) is 9.59 Å². The van der Waals surface area contributed by atoms with E-state index in [0.717, 1.165) is 42.5 Å². The molecule has 0 saturated heterocycles. The Bertz CT molecular complexity index is 1190. The molecule has 7 nitrogen and oxygen atoms in total. The highest BCUT2D eigenvalue weighted by Crippen LogP contribution is 2.35. The third kappa shape index (κ3) is 5.22. The smallest absolute Gasteiger partial charge is 0.283 e. The first-order valence-electron chi connectivity index (χ1n) is 12.1. The molecule has 0 spiro atoms. The first-order chi connectivity index (χ1) is 17.0. The molecule has 1 aliphatic carbocycles. The van der Waals surface area contributed by atoms with Gasteiger partial charge < -0.3 is 14.8 Å². The van der Waals surface area contributed by atoms with Crippen molar-refractivity contribution in [2.24, 2.45) is 4.99 Å². The predicted molar refractivity (Wildman–Crippen MR) is 139 cm³/mol. The maximum Gasteiger partial charge on any atom is 0.283 e. The van der Waals surface area contributed by atoms with Gasteiger partial charge in [-0.1, -0.05) is 54.8 Å². The topological polar surface area (TPSA) is 80.2 Å². The number of aliphatic imine (C=N–C) groups is 1. The molecule has 1 saturated carbocycles. The molecule has 2 aromatic carbocycles. The van der Waals surface area contributed by atoms with Gasteiger partial charge in [0.2, 0.25) is 12.7 Å². The number of nitrogens with one attached hydrogen (secondary N) is 1. The van der Waals surface area contributed by atoms with Gasteiger partial charge in [-0.05, 0) is 62.6 Å². The van der Waals surface area contributed by atoms with Crippen molar-refractivity contribution in [2.45, 2.75) is 57.2 Å². The third-order valence-corrected chi connectivity index (χ3v) is 7.48. The Labute approximate surface area is 209 Å². The Morgan fingerprint density at radius 2 is 1.86 bits per heavy atom. The lowest BCUT2D eigenvalue weighted by Gasteiger charge is -2.25. The number of hydrogen-bond acceptors (Lipinski definition) is 6. The zero-order chi connectivity index (χ0) is 24.4. The molecule has 1 atom stereocenters. The lowest BCUT2D eigenvalue weighted by molar-refractivity contribution is -0.121. The first-order valence-corrected chi connectivity index (χ1v) is 12.9. The molecular weight excluding hydrogens is 462 g/mol. The van der Waals surface area contributed by atoms with Crippen molar-refractivity contribution < 1.29 is 19.1 Å². The molecule has 0 aromatic heterocycles. The molecule has 2 aromatic rings. The van der Waals surface area contributed by atoms with E-state index in [1.807, 2.05) is 56.3 Å². The van der Waals surface area contributed by atoms with Crippen LogP contribution >= 0.6 is 11.8 Å². The van der Waals surface area contributed by atoms with Crippen molar-refractivity contribution in [3.05, 3.63) is 59.3 Å². The molecular formula is C27H29N3O4S. The number of hydrogen-bond donors (Lipinski definition) is 1. The average molecular weight is 492 g/mol. The van der Waals surface area contributed by atoms with Crippen LogP contribution in [0.25, 0.3) is 6.08 Å². The zero-order valence-corrected chi connectivity index (χ0v) is 20.8. The summed E-state index contributed by atoms with van der Waals surface area (Å²) in [5.74, 6) is 1.08. The lowest BCUT2D eigenvalue weighted by atomic mass is 9.95. The fourth-order valence-corrected chi connectivity index (χ4v) is 5.37. The minimum atomic E-state index is -0.388. The number of anilines is 1. The van der Waals surface area contributed by atoms with Gasteiger partial charge in [0.05, 0.1) is 10.9 Å². The molecule has 1 N–H and O–H groups in total. The summed E-state index contributed by atoms with van der Waals surface area (Å²) in [6.07, 6.45) is 7.35. The van der Waals surface area contributed by atoms with Crippen molar-refractivity contribution in [2.75, 3.05) is 11.7 Å².